The van der Waals surface area contributed by atoms with Gasteiger partial charge in [-0.05, 0) is 44.1 Å². The third-order valence-corrected chi connectivity index (χ3v) is 5.47. The zero-order chi connectivity index (χ0) is 13.9. The summed E-state index contributed by atoms with van der Waals surface area (Å²) in [7, 11) is 2.12. The van der Waals surface area contributed by atoms with E-state index < -0.39 is 0 Å². The van der Waals surface area contributed by atoms with E-state index in [1.165, 1.54) is 45.1 Å². The zero-order valence-corrected chi connectivity index (χ0v) is 13.0. The molecule has 0 amide bonds. The number of rotatable bonds is 6. The molecular weight excluding hydrogens is 236 g/mol. The predicted octanol–water partition coefficient (Wildman–Crippen LogP) is 2.25. The van der Waals surface area contributed by atoms with Crippen molar-refractivity contribution in [1.29, 1.82) is 0 Å². The summed E-state index contributed by atoms with van der Waals surface area (Å²) in [6, 6.07) is 1.36. The van der Waals surface area contributed by atoms with E-state index in [1.807, 2.05) is 0 Å². The van der Waals surface area contributed by atoms with Crippen LogP contribution in [-0.2, 0) is 0 Å². The molecule has 0 saturated heterocycles. The summed E-state index contributed by atoms with van der Waals surface area (Å²) in [6.45, 7) is 7.13. The van der Waals surface area contributed by atoms with Gasteiger partial charge in [-0.1, -0.05) is 26.7 Å². The Morgan fingerprint density at radius 3 is 2.47 bits per heavy atom. The van der Waals surface area contributed by atoms with E-state index in [0.29, 0.717) is 18.1 Å². The van der Waals surface area contributed by atoms with Crippen molar-refractivity contribution in [3.8, 4) is 0 Å². The maximum atomic E-state index is 9.30. The van der Waals surface area contributed by atoms with Gasteiger partial charge in [0.2, 0.25) is 0 Å². The predicted molar refractivity (Wildman–Crippen MR) is 80.3 cm³/mol. The first-order valence-corrected chi connectivity index (χ1v) is 8.10. The molecule has 2 atom stereocenters. The van der Waals surface area contributed by atoms with Gasteiger partial charge in [-0.15, -0.1) is 0 Å². The molecule has 2 rings (SSSR count). The topological polar surface area (TPSA) is 35.5 Å². The van der Waals surface area contributed by atoms with Crippen molar-refractivity contribution in [1.82, 2.24) is 10.2 Å². The Bertz CT molecular complexity index is 276. The van der Waals surface area contributed by atoms with Crippen molar-refractivity contribution in [2.45, 2.75) is 64.5 Å². The molecule has 0 heterocycles. The zero-order valence-electron chi connectivity index (χ0n) is 13.0. The third-order valence-electron chi connectivity index (χ3n) is 5.47. The van der Waals surface area contributed by atoms with Crippen LogP contribution >= 0.6 is 0 Å². The summed E-state index contributed by atoms with van der Waals surface area (Å²) in [4.78, 5) is 2.56. The minimum absolute atomic E-state index is 0.302. The molecule has 0 aromatic carbocycles. The van der Waals surface area contributed by atoms with E-state index >= 15 is 0 Å². The van der Waals surface area contributed by atoms with Crippen LogP contribution in [0.2, 0.25) is 0 Å². The molecule has 19 heavy (non-hydrogen) atoms. The molecule has 0 radical (unpaired) electrons. The van der Waals surface area contributed by atoms with Gasteiger partial charge in [0.15, 0.2) is 0 Å². The minimum Gasteiger partial charge on any atom is -0.395 e. The first-order valence-electron chi connectivity index (χ1n) is 8.10. The van der Waals surface area contributed by atoms with Crippen LogP contribution in [0.4, 0.5) is 0 Å². The van der Waals surface area contributed by atoms with Gasteiger partial charge in [-0.3, -0.25) is 4.90 Å². The Morgan fingerprint density at radius 1 is 1.21 bits per heavy atom. The van der Waals surface area contributed by atoms with Crippen molar-refractivity contribution in [2.24, 2.45) is 11.3 Å². The summed E-state index contributed by atoms with van der Waals surface area (Å²) < 4.78 is 0. The molecule has 3 nitrogen and oxygen atoms in total. The second-order valence-electron chi connectivity index (χ2n) is 7.21. The maximum absolute atomic E-state index is 9.30. The smallest absolute Gasteiger partial charge is 0.0558 e. The van der Waals surface area contributed by atoms with E-state index in [0.717, 1.165) is 18.5 Å². The van der Waals surface area contributed by atoms with Gasteiger partial charge in [0.05, 0.1) is 6.61 Å². The van der Waals surface area contributed by atoms with Crippen molar-refractivity contribution in [3.63, 3.8) is 0 Å². The highest BCUT2D eigenvalue weighted by Gasteiger charge is 2.39. The summed E-state index contributed by atoms with van der Waals surface area (Å²) in [6.07, 6.45) is 8.06. The highest BCUT2D eigenvalue weighted by atomic mass is 16.3. The molecule has 2 aliphatic carbocycles. The normalized spacial score (nSPS) is 31.4. The Morgan fingerprint density at radius 2 is 1.95 bits per heavy atom. The Labute approximate surface area is 118 Å². The monoisotopic (exact) mass is 268 g/mol. The minimum atomic E-state index is 0.302. The Hall–Kier alpha value is -0.120. The summed E-state index contributed by atoms with van der Waals surface area (Å²) in [5, 5.41) is 12.9. The van der Waals surface area contributed by atoms with E-state index in [9.17, 15) is 5.11 Å². The number of nitrogens with one attached hydrogen (secondary N) is 1. The van der Waals surface area contributed by atoms with Gasteiger partial charge in [0.1, 0.15) is 0 Å². The first kappa shape index (κ1) is 15.3. The van der Waals surface area contributed by atoms with E-state index in [4.69, 9.17) is 0 Å². The van der Waals surface area contributed by atoms with E-state index in [2.05, 4.69) is 31.1 Å². The second kappa shape index (κ2) is 6.55. The molecular formula is C16H32N2O. The largest absolute Gasteiger partial charge is 0.395 e. The molecule has 0 spiro atoms. The van der Waals surface area contributed by atoms with Crippen molar-refractivity contribution < 1.29 is 5.11 Å². The molecule has 2 unspecified atom stereocenters. The first-order chi connectivity index (χ1) is 9.08. The van der Waals surface area contributed by atoms with Crippen LogP contribution < -0.4 is 5.32 Å². The lowest BCUT2D eigenvalue weighted by Gasteiger charge is -2.47. The van der Waals surface area contributed by atoms with Crippen LogP contribution in [-0.4, -0.2) is 48.8 Å². The fourth-order valence-corrected chi connectivity index (χ4v) is 4.21. The summed E-state index contributed by atoms with van der Waals surface area (Å²) >= 11 is 0. The van der Waals surface area contributed by atoms with Crippen LogP contribution in [0.5, 0.6) is 0 Å². The van der Waals surface area contributed by atoms with E-state index in [-0.39, 0.29) is 0 Å². The second-order valence-corrected chi connectivity index (χ2v) is 7.21. The molecule has 0 aliphatic heterocycles. The van der Waals surface area contributed by atoms with Gasteiger partial charge in [-0.25, -0.2) is 0 Å². The molecule has 2 saturated carbocycles. The van der Waals surface area contributed by atoms with Gasteiger partial charge in [0, 0.05) is 25.2 Å². The van der Waals surface area contributed by atoms with Crippen LogP contribution in [0.1, 0.15) is 52.4 Å². The van der Waals surface area contributed by atoms with Gasteiger partial charge < -0.3 is 10.4 Å². The van der Waals surface area contributed by atoms with Gasteiger partial charge >= 0.3 is 0 Å². The molecule has 2 fully saturated rings. The number of hydrogen-bond acceptors (Lipinski definition) is 3. The Kier molecular flexibility index (Phi) is 5.27. The van der Waals surface area contributed by atoms with E-state index in [1.54, 1.807) is 0 Å². The maximum Gasteiger partial charge on any atom is 0.0558 e. The fourth-order valence-electron chi connectivity index (χ4n) is 4.21. The van der Waals surface area contributed by atoms with Crippen molar-refractivity contribution in [2.75, 3.05) is 26.7 Å². The molecule has 0 bridgehead atoms. The molecule has 2 N–H and O–H groups in total. The summed E-state index contributed by atoms with van der Waals surface area (Å²) in [5.74, 6) is 0.737. The number of aliphatic hydroxyl groups is 1. The Balaban J connectivity index is 1.97. The standard InChI is InChI=1S/C16H32N2O/c1-16(2)9-5-6-13(15(16)17-3)12-18(10-11-19)14-7-4-8-14/h13-15,17,19H,4-12H2,1-3H3. The van der Waals surface area contributed by atoms with Crippen LogP contribution in [0.3, 0.4) is 0 Å². The average molecular weight is 268 g/mol. The lowest BCUT2D eigenvalue weighted by Crippen LogP contribution is -2.54. The summed E-state index contributed by atoms with van der Waals surface area (Å²) in [5.41, 5.74) is 0.405. The van der Waals surface area contributed by atoms with Gasteiger partial charge in [-0.2, -0.15) is 0 Å². The third kappa shape index (κ3) is 3.50. The quantitative estimate of drug-likeness (QED) is 0.775. The molecule has 112 valence electrons. The SMILES string of the molecule is CNC1C(CN(CCO)C2CCC2)CCCC1(C)C. The fraction of sp³-hybridized carbons (Fsp3) is 1.00. The number of nitrogens with zero attached hydrogens (tertiary/aromatic N) is 1. The highest BCUT2D eigenvalue weighted by Crippen LogP contribution is 2.39. The van der Waals surface area contributed by atoms with Crippen molar-refractivity contribution >= 4 is 0 Å². The van der Waals surface area contributed by atoms with Crippen LogP contribution in [0, 0.1) is 11.3 Å². The molecule has 0 aromatic heterocycles. The number of aliphatic hydroxyl groups excluding tert-OH is 1. The number of hydrogen-bond donors (Lipinski definition) is 2. The lowest BCUT2D eigenvalue weighted by molar-refractivity contribution is 0.0398. The average Bonchev–Trinajstić information content (AvgIpc) is 2.26. The lowest BCUT2D eigenvalue weighted by atomic mass is 9.67. The van der Waals surface area contributed by atoms with Crippen molar-refractivity contribution in [3.05, 3.63) is 0 Å². The van der Waals surface area contributed by atoms with Gasteiger partial charge in [0.25, 0.3) is 0 Å². The van der Waals surface area contributed by atoms with Crippen LogP contribution in [0.25, 0.3) is 0 Å². The highest BCUT2D eigenvalue weighted by molar-refractivity contribution is 4.95. The molecule has 3 heteroatoms. The molecule has 0 aromatic rings. The van der Waals surface area contributed by atoms with Crippen LogP contribution in [0.15, 0.2) is 0 Å². The molecule has 2 aliphatic rings.